The summed E-state index contributed by atoms with van der Waals surface area (Å²) >= 11 is 0. The number of hydrogen-bond acceptors (Lipinski definition) is 4. The third kappa shape index (κ3) is 3.60. The van der Waals surface area contributed by atoms with E-state index in [0.717, 1.165) is 37.5 Å². The molecule has 4 saturated carbocycles. The molecule has 4 aliphatic rings. The monoisotopic (exact) mass is 418 g/mol. The Balaban J connectivity index is 1.42. The van der Waals surface area contributed by atoms with E-state index in [4.69, 9.17) is 9.84 Å². The zero-order valence-electron chi connectivity index (χ0n) is 18.8. The van der Waals surface area contributed by atoms with Crippen LogP contribution in [0.15, 0.2) is 0 Å². The van der Waals surface area contributed by atoms with Gasteiger partial charge in [0, 0.05) is 5.92 Å². The van der Waals surface area contributed by atoms with Crippen LogP contribution in [0.3, 0.4) is 0 Å². The van der Waals surface area contributed by atoms with E-state index in [2.05, 4.69) is 13.8 Å². The van der Waals surface area contributed by atoms with Crippen LogP contribution in [-0.4, -0.2) is 28.9 Å². The van der Waals surface area contributed by atoms with Gasteiger partial charge in [-0.25, -0.2) is 0 Å². The zero-order chi connectivity index (χ0) is 21.7. The summed E-state index contributed by atoms with van der Waals surface area (Å²) in [6.45, 7) is 6.67. The van der Waals surface area contributed by atoms with Crippen molar-refractivity contribution >= 4 is 17.7 Å². The third-order valence-electron chi connectivity index (χ3n) is 9.95. The smallest absolute Gasteiger partial charge is 0.306 e. The molecule has 4 rings (SSSR count). The molecule has 0 bridgehead atoms. The molecule has 0 aromatic carbocycles. The van der Waals surface area contributed by atoms with Crippen LogP contribution in [-0.2, 0) is 19.1 Å². The molecule has 30 heavy (non-hydrogen) atoms. The molecule has 4 aliphatic carbocycles. The lowest BCUT2D eigenvalue weighted by Gasteiger charge is -2.61. The number of hydrogen-bond donors (Lipinski definition) is 1. The molecule has 0 heterocycles. The average molecular weight is 419 g/mol. The topological polar surface area (TPSA) is 80.7 Å². The standard InChI is InChI=1S/C25H38O5/c1-15(26)19-6-7-20-18-5-4-16-14-17(30-23(29)9-8-22(27)28)10-12-24(16,2)21(18)11-13-25(19,20)3/h16-21H,4-14H2,1-3H3,(H,27,28)/t16-,17-,18?,19?,20?,21?,24-,25+/m0/s1. The van der Waals surface area contributed by atoms with Gasteiger partial charge in [-0.15, -0.1) is 0 Å². The lowest BCUT2D eigenvalue weighted by atomic mass is 9.44. The molecule has 0 spiro atoms. The third-order valence-corrected chi connectivity index (χ3v) is 9.95. The van der Waals surface area contributed by atoms with Gasteiger partial charge < -0.3 is 9.84 Å². The van der Waals surface area contributed by atoms with Gasteiger partial charge in [0.05, 0.1) is 12.8 Å². The van der Waals surface area contributed by atoms with Gasteiger partial charge in [0.2, 0.25) is 0 Å². The van der Waals surface area contributed by atoms with E-state index in [0.29, 0.717) is 23.0 Å². The van der Waals surface area contributed by atoms with E-state index < -0.39 is 5.97 Å². The number of aliphatic carboxylic acids is 1. The summed E-state index contributed by atoms with van der Waals surface area (Å²) in [7, 11) is 0. The average Bonchev–Trinajstić information content (AvgIpc) is 3.04. The first-order valence-electron chi connectivity index (χ1n) is 12.1. The maximum absolute atomic E-state index is 12.3. The summed E-state index contributed by atoms with van der Waals surface area (Å²) < 4.78 is 5.66. The molecular weight excluding hydrogens is 380 g/mol. The minimum absolute atomic E-state index is 0.0317. The van der Waals surface area contributed by atoms with E-state index >= 15 is 0 Å². The van der Waals surface area contributed by atoms with Gasteiger partial charge in [-0.05, 0) is 99.2 Å². The Labute approximate surface area is 180 Å². The summed E-state index contributed by atoms with van der Waals surface area (Å²) in [6.07, 6.45) is 9.82. The Morgan fingerprint density at radius 2 is 1.60 bits per heavy atom. The lowest BCUT2D eigenvalue weighted by Crippen LogP contribution is -2.54. The molecule has 168 valence electrons. The zero-order valence-corrected chi connectivity index (χ0v) is 18.8. The summed E-state index contributed by atoms with van der Waals surface area (Å²) in [5, 5.41) is 8.77. The normalized spacial score (nSPS) is 45.0. The van der Waals surface area contributed by atoms with Crippen molar-refractivity contribution in [3.8, 4) is 0 Å². The first kappa shape index (κ1) is 21.8. The van der Waals surface area contributed by atoms with E-state index in [1.165, 1.54) is 32.1 Å². The second-order valence-corrected chi connectivity index (χ2v) is 11.2. The largest absolute Gasteiger partial charge is 0.481 e. The fraction of sp³-hybridized carbons (Fsp3) is 0.880. The SMILES string of the molecule is CC(=O)C1CCC2C3CC[C@H]4C[C@@H](OC(=O)CCC(=O)O)CC[C@]4(C)C3CC[C@]12C. The van der Waals surface area contributed by atoms with Crippen LogP contribution in [0.25, 0.3) is 0 Å². The molecule has 0 radical (unpaired) electrons. The minimum atomic E-state index is -0.954. The molecule has 0 aliphatic heterocycles. The van der Waals surface area contributed by atoms with Crippen molar-refractivity contribution in [1.82, 2.24) is 0 Å². The second-order valence-electron chi connectivity index (χ2n) is 11.2. The van der Waals surface area contributed by atoms with Crippen molar-refractivity contribution in [2.75, 3.05) is 0 Å². The predicted molar refractivity (Wildman–Crippen MR) is 113 cm³/mol. The van der Waals surface area contributed by atoms with Crippen molar-refractivity contribution in [1.29, 1.82) is 0 Å². The van der Waals surface area contributed by atoms with Gasteiger partial charge in [-0.2, -0.15) is 0 Å². The van der Waals surface area contributed by atoms with Gasteiger partial charge in [-0.3, -0.25) is 14.4 Å². The highest BCUT2D eigenvalue weighted by atomic mass is 16.5. The molecule has 4 unspecified atom stereocenters. The Morgan fingerprint density at radius 3 is 2.30 bits per heavy atom. The molecule has 5 nitrogen and oxygen atoms in total. The summed E-state index contributed by atoms with van der Waals surface area (Å²) in [5.41, 5.74) is 0.510. The number of ether oxygens (including phenoxy) is 1. The highest BCUT2D eigenvalue weighted by Crippen LogP contribution is 2.67. The highest BCUT2D eigenvalue weighted by Gasteiger charge is 2.60. The van der Waals surface area contributed by atoms with Crippen LogP contribution >= 0.6 is 0 Å². The van der Waals surface area contributed by atoms with Crippen LogP contribution < -0.4 is 0 Å². The molecule has 0 aromatic heterocycles. The Hall–Kier alpha value is -1.39. The van der Waals surface area contributed by atoms with E-state index in [1.807, 2.05) is 0 Å². The molecule has 0 amide bonds. The predicted octanol–water partition coefficient (Wildman–Crippen LogP) is 5.01. The Kier molecular flexibility index (Phi) is 5.78. The van der Waals surface area contributed by atoms with Crippen molar-refractivity contribution < 1.29 is 24.2 Å². The van der Waals surface area contributed by atoms with Gasteiger partial charge in [0.1, 0.15) is 11.9 Å². The quantitative estimate of drug-likeness (QED) is 0.635. The molecular formula is C25H38O5. The van der Waals surface area contributed by atoms with Crippen molar-refractivity contribution in [2.24, 2.45) is 40.4 Å². The van der Waals surface area contributed by atoms with Crippen LogP contribution in [0.4, 0.5) is 0 Å². The second kappa shape index (κ2) is 7.94. The van der Waals surface area contributed by atoms with E-state index in [-0.39, 0.29) is 36.2 Å². The molecule has 0 saturated heterocycles. The van der Waals surface area contributed by atoms with Gasteiger partial charge in [0.25, 0.3) is 0 Å². The Bertz CT molecular complexity index is 716. The minimum Gasteiger partial charge on any atom is -0.481 e. The number of rotatable bonds is 5. The van der Waals surface area contributed by atoms with Gasteiger partial charge in [0.15, 0.2) is 0 Å². The van der Waals surface area contributed by atoms with Gasteiger partial charge >= 0.3 is 11.9 Å². The van der Waals surface area contributed by atoms with Crippen molar-refractivity contribution in [3.63, 3.8) is 0 Å². The number of esters is 1. The number of carbonyl (C=O) groups excluding carboxylic acids is 2. The van der Waals surface area contributed by atoms with Crippen LogP contribution in [0, 0.1) is 40.4 Å². The fourth-order valence-corrected chi connectivity index (χ4v) is 8.45. The maximum atomic E-state index is 12.3. The number of carboxylic acid groups (broad SMARTS) is 1. The van der Waals surface area contributed by atoms with Crippen molar-refractivity contribution in [2.45, 2.75) is 97.5 Å². The number of ketones is 1. The number of fused-ring (bicyclic) bond motifs is 5. The number of carbonyl (C=O) groups is 3. The van der Waals surface area contributed by atoms with Crippen LogP contribution in [0.1, 0.15) is 91.4 Å². The molecule has 1 N–H and O–H groups in total. The molecule has 4 fully saturated rings. The first-order chi connectivity index (χ1) is 14.1. The van der Waals surface area contributed by atoms with Crippen LogP contribution in [0.2, 0.25) is 0 Å². The fourth-order valence-electron chi connectivity index (χ4n) is 8.45. The first-order valence-corrected chi connectivity index (χ1v) is 12.1. The number of carboxylic acids is 1. The summed E-state index contributed by atoms with van der Waals surface area (Å²) in [5.74, 6) is 2.07. The van der Waals surface area contributed by atoms with Crippen LogP contribution in [0.5, 0.6) is 0 Å². The summed E-state index contributed by atoms with van der Waals surface area (Å²) in [6, 6.07) is 0. The summed E-state index contributed by atoms with van der Waals surface area (Å²) in [4.78, 5) is 35.0. The number of Topliss-reactive ketones (excluding diaryl/α,β-unsaturated/α-hetero) is 1. The highest BCUT2D eigenvalue weighted by molar-refractivity contribution is 5.79. The lowest BCUT2D eigenvalue weighted by molar-refractivity contribution is -0.164. The Morgan fingerprint density at radius 1 is 0.900 bits per heavy atom. The molecule has 5 heteroatoms. The van der Waals surface area contributed by atoms with Crippen molar-refractivity contribution in [3.05, 3.63) is 0 Å². The van der Waals surface area contributed by atoms with E-state index in [1.54, 1.807) is 6.92 Å². The van der Waals surface area contributed by atoms with Gasteiger partial charge in [-0.1, -0.05) is 13.8 Å². The molecule has 8 atom stereocenters. The maximum Gasteiger partial charge on any atom is 0.306 e. The molecule has 0 aromatic rings. The van der Waals surface area contributed by atoms with E-state index in [9.17, 15) is 14.4 Å².